The molecule has 3 rings (SSSR count). The highest BCUT2D eigenvalue weighted by Crippen LogP contribution is 2.10. The van der Waals surface area contributed by atoms with Crippen LogP contribution in [0.5, 0.6) is 0 Å². The zero-order chi connectivity index (χ0) is 21.3. The molecule has 166 valence electrons. The summed E-state index contributed by atoms with van der Waals surface area (Å²) in [4.78, 5) is 30.1. The lowest BCUT2D eigenvalue weighted by atomic mass is 10.1. The first-order valence-electron chi connectivity index (χ1n) is 9.97. The molecule has 0 spiro atoms. The Hall–Kier alpha value is -2.69. The van der Waals surface area contributed by atoms with Gasteiger partial charge in [-0.05, 0) is 30.7 Å². The van der Waals surface area contributed by atoms with Crippen molar-refractivity contribution in [2.45, 2.75) is 20.0 Å². The third kappa shape index (κ3) is 7.20. The second-order valence-corrected chi connectivity index (χ2v) is 6.91. The fraction of sp³-hybridized carbons (Fsp3) is 0.318. The van der Waals surface area contributed by atoms with Gasteiger partial charge in [0.25, 0.3) is 5.91 Å². The minimum Gasteiger partial charge on any atom is -0.357 e. The van der Waals surface area contributed by atoms with Crippen molar-refractivity contribution in [1.29, 1.82) is 0 Å². The lowest BCUT2D eigenvalue weighted by molar-refractivity contribution is -0.123. The molecule has 1 aliphatic rings. The van der Waals surface area contributed by atoms with Crippen molar-refractivity contribution in [3.05, 3.63) is 71.0 Å². The SMILES string of the molecule is CCNC(=NCc1ccc(C(=O)N2CCNC(=O)C2)cc1)NCc1ccccc1F.I. The number of guanidine groups is 1. The monoisotopic (exact) mass is 539 g/mol. The maximum atomic E-state index is 13.8. The molecular weight excluding hydrogens is 512 g/mol. The third-order valence-corrected chi connectivity index (χ3v) is 4.69. The second kappa shape index (κ2) is 12.2. The van der Waals surface area contributed by atoms with Crippen LogP contribution in [0, 0.1) is 5.82 Å². The average Bonchev–Trinajstić information content (AvgIpc) is 2.76. The molecule has 2 amide bonds. The van der Waals surface area contributed by atoms with E-state index in [1.165, 1.54) is 6.07 Å². The summed E-state index contributed by atoms with van der Waals surface area (Å²) in [6.45, 7) is 4.45. The van der Waals surface area contributed by atoms with Crippen LogP contribution >= 0.6 is 24.0 Å². The van der Waals surface area contributed by atoms with Gasteiger partial charge in [0.05, 0.1) is 13.1 Å². The number of amides is 2. The van der Waals surface area contributed by atoms with Crippen molar-refractivity contribution < 1.29 is 14.0 Å². The van der Waals surface area contributed by atoms with Crippen LogP contribution in [-0.2, 0) is 17.9 Å². The van der Waals surface area contributed by atoms with E-state index >= 15 is 0 Å². The van der Waals surface area contributed by atoms with Gasteiger partial charge in [0.1, 0.15) is 5.82 Å². The minimum absolute atomic E-state index is 0. The van der Waals surface area contributed by atoms with Crippen molar-refractivity contribution in [1.82, 2.24) is 20.9 Å². The summed E-state index contributed by atoms with van der Waals surface area (Å²) < 4.78 is 13.8. The molecule has 0 saturated carbocycles. The van der Waals surface area contributed by atoms with Crippen LogP contribution in [0.2, 0.25) is 0 Å². The van der Waals surface area contributed by atoms with Gasteiger partial charge in [-0.25, -0.2) is 9.38 Å². The number of hydrogen-bond donors (Lipinski definition) is 3. The van der Waals surface area contributed by atoms with E-state index in [1.54, 1.807) is 35.2 Å². The fourth-order valence-corrected chi connectivity index (χ4v) is 3.08. The Morgan fingerprint density at radius 2 is 1.90 bits per heavy atom. The third-order valence-electron chi connectivity index (χ3n) is 4.69. The van der Waals surface area contributed by atoms with Gasteiger partial charge in [-0.3, -0.25) is 9.59 Å². The highest BCUT2D eigenvalue weighted by molar-refractivity contribution is 14.0. The van der Waals surface area contributed by atoms with Crippen molar-refractivity contribution in [3.8, 4) is 0 Å². The minimum atomic E-state index is -0.257. The predicted octanol–water partition coefficient (Wildman–Crippen LogP) is 2.27. The first kappa shape index (κ1) is 24.6. The van der Waals surface area contributed by atoms with Gasteiger partial charge in [0, 0.05) is 37.3 Å². The van der Waals surface area contributed by atoms with Gasteiger partial charge in [0.15, 0.2) is 5.96 Å². The zero-order valence-corrected chi connectivity index (χ0v) is 19.7. The summed E-state index contributed by atoms with van der Waals surface area (Å²) in [5, 5.41) is 8.97. The molecule has 2 aromatic rings. The summed E-state index contributed by atoms with van der Waals surface area (Å²) in [5.74, 6) is 0.0340. The number of benzene rings is 2. The highest BCUT2D eigenvalue weighted by atomic mass is 127. The predicted molar refractivity (Wildman–Crippen MR) is 129 cm³/mol. The number of piperazine rings is 1. The van der Waals surface area contributed by atoms with Gasteiger partial charge < -0.3 is 20.9 Å². The Kier molecular flexibility index (Phi) is 9.70. The molecule has 0 bridgehead atoms. The van der Waals surface area contributed by atoms with Crippen LogP contribution in [0.1, 0.15) is 28.4 Å². The first-order chi connectivity index (χ1) is 14.6. The molecule has 2 aromatic carbocycles. The van der Waals surface area contributed by atoms with Crippen molar-refractivity contribution in [2.24, 2.45) is 4.99 Å². The van der Waals surface area contributed by atoms with Crippen LogP contribution < -0.4 is 16.0 Å². The molecule has 0 radical (unpaired) electrons. The Bertz CT molecular complexity index is 920. The lowest BCUT2D eigenvalue weighted by Gasteiger charge is -2.26. The van der Waals surface area contributed by atoms with Gasteiger partial charge in [-0.1, -0.05) is 30.3 Å². The Morgan fingerprint density at radius 1 is 1.16 bits per heavy atom. The molecule has 0 atom stereocenters. The van der Waals surface area contributed by atoms with Crippen molar-refractivity contribution in [2.75, 3.05) is 26.2 Å². The molecule has 0 unspecified atom stereocenters. The number of carbonyl (C=O) groups excluding carboxylic acids is 2. The van der Waals surface area contributed by atoms with Crippen LogP contribution in [-0.4, -0.2) is 48.9 Å². The summed E-state index contributed by atoms with van der Waals surface area (Å²) in [7, 11) is 0. The highest BCUT2D eigenvalue weighted by Gasteiger charge is 2.22. The lowest BCUT2D eigenvalue weighted by Crippen LogP contribution is -2.49. The molecule has 1 saturated heterocycles. The molecule has 1 fully saturated rings. The van der Waals surface area contributed by atoms with Gasteiger partial charge >= 0.3 is 0 Å². The molecule has 3 N–H and O–H groups in total. The Balaban J connectivity index is 0.00000341. The number of aliphatic imine (C=N–C) groups is 1. The molecule has 0 aromatic heterocycles. The number of rotatable bonds is 6. The molecule has 31 heavy (non-hydrogen) atoms. The fourth-order valence-electron chi connectivity index (χ4n) is 3.08. The molecule has 7 nitrogen and oxygen atoms in total. The first-order valence-corrected chi connectivity index (χ1v) is 9.97. The number of halogens is 2. The zero-order valence-electron chi connectivity index (χ0n) is 17.4. The molecule has 1 heterocycles. The van der Waals surface area contributed by atoms with E-state index in [9.17, 15) is 14.0 Å². The van der Waals surface area contributed by atoms with Crippen LogP contribution in [0.25, 0.3) is 0 Å². The molecular formula is C22H27FIN5O2. The number of carbonyl (C=O) groups is 2. The maximum Gasteiger partial charge on any atom is 0.254 e. The second-order valence-electron chi connectivity index (χ2n) is 6.91. The van der Waals surface area contributed by atoms with E-state index < -0.39 is 0 Å². The van der Waals surface area contributed by atoms with E-state index in [1.807, 2.05) is 19.1 Å². The Labute approximate surface area is 198 Å². The number of nitrogens with zero attached hydrogens (tertiary/aromatic N) is 2. The van der Waals surface area contributed by atoms with Gasteiger partial charge in [-0.15, -0.1) is 24.0 Å². The van der Waals surface area contributed by atoms with E-state index in [0.717, 1.165) is 5.56 Å². The number of nitrogens with one attached hydrogen (secondary N) is 3. The quantitative estimate of drug-likeness (QED) is 0.299. The van der Waals surface area contributed by atoms with Crippen molar-refractivity contribution >= 4 is 41.8 Å². The largest absolute Gasteiger partial charge is 0.357 e. The number of hydrogen-bond acceptors (Lipinski definition) is 3. The standard InChI is InChI=1S/C22H26FN5O2.HI/c1-2-24-22(27-14-18-5-3-4-6-19(18)23)26-13-16-7-9-17(10-8-16)21(30)28-12-11-25-20(29)15-28;/h3-10H,2,11-15H2,1H3,(H,25,29)(H2,24,26,27);1H. The Morgan fingerprint density at radius 3 is 2.58 bits per heavy atom. The van der Waals surface area contributed by atoms with Crippen LogP contribution in [0.4, 0.5) is 4.39 Å². The normalized spacial score (nSPS) is 13.8. The van der Waals surface area contributed by atoms with E-state index in [-0.39, 0.29) is 48.2 Å². The van der Waals surface area contributed by atoms with E-state index in [0.29, 0.717) is 49.8 Å². The van der Waals surface area contributed by atoms with Crippen LogP contribution in [0.3, 0.4) is 0 Å². The van der Waals surface area contributed by atoms with Crippen LogP contribution in [0.15, 0.2) is 53.5 Å². The van der Waals surface area contributed by atoms with Gasteiger partial charge in [-0.2, -0.15) is 0 Å². The average molecular weight is 539 g/mol. The summed E-state index contributed by atoms with van der Waals surface area (Å²) >= 11 is 0. The molecule has 9 heteroatoms. The maximum absolute atomic E-state index is 13.8. The summed E-state index contributed by atoms with van der Waals surface area (Å²) in [6, 6.07) is 13.8. The summed E-state index contributed by atoms with van der Waals surface area (Å²) in [5.41, 5.74) is 2.05. The molecule has 1 aliphatic heterocycles. The van der Waals surface area contributed by atoms with Crippen molar-refractivity contribution in [3.63, 3.8) is 0 Å². The van der Waals surface area contributed by atoms with E-state index in [4.69, 9.17) is 0 Å². The van der Waals surface area contributed by atoms with Gasteiger partial charge in [0.2, 0.25) is 5.91 Å². The topological polar surface area (TPSA) is 85.8 Å². The summed E-state index contributed by atoms with van der Waals surface area (Å²) in [6.07, 6.45) is 0. The van der Waals surface area contributed by atoms with E-state index in [2.05, 4.69) is 20.9 Å². The molecule has 0 aliphatic carbocycles. The smallest absolute Gasteiger partial charge is 0.254 e.